The smallest absolute Gasteiger partial charge is 0.150 e. The minimum Gasteiger partial charge on any atom is -0.298 e. The van der Waals surface area contributed by atoms with Gasteiger partial charge in [0.25, 0.3) is 0 Å². The summed E-state index contributed by atoms with van der Waals surface area (Å²) in [5.41, 5.74) is 1.79. The first-order chi connectivity index (χ1) is 6.88. The summed E-state index contributed by atoms with van der Waals surface area (Å²) in [5.74, 6) is 0. The molecule has 4 heteroatoms. The zero-order chi connectivity index (χ0) is 9.80. The maximum absolute atomic E-state index is 10.4. The zero-order valence-electron chi connectivity index (χ0n) is 7.50. The number of hydrogen-bond donors (Lipinski definition) is 0. The van der Waals surface area contributed by atoms with Crippen molar-refractivity contribution in [3.63, 3.8) is 0 Å². The van der Waals surface area contributed by atoms with Crippen molar-refractivity contribution in [1.82, 2.24) is 14.8 Å². The van der Waals surface area contributed by atoms with Gasteiger partial charge in [-0.05, 0) is 5.56 Å². The van der Waals surface area contributed by atoms with Gasteiger partial charge in [-0.15, -0.1) is 0 Å². The molecular formula is C10H9N3O. The van der Waals surface area contributed by atoms with E-state index in [0.717, 1.165) is 11.8 Å². The number of carbonyl (C=O) groups is 1. The molecule has 0 saturated heterocycles. The molecule has 2 rings (SSSR count). The van der Waals surface area contributed by atoms with E-state index in [1.807, 2.05) is 12.1 Å². The lowest BCUT2D eigenvalue weighted by atomic mass is 10.1. The summed E-state index contributed by atoms with van der Waals surface area (Å²) >= 11 is 0. The van der Waals surface area contributed by atoms with Crippen LogP contribution in [0.2, 0.25) is 0 Å². The molecule has 0 fully saturated rings. The number of aldehydes is 1. The highest BCUT2D eigenvalue weighted by Gasteiger charge is 1.95. The molecule has 0 atom stereocenters. The number of nitrogens with zero attached hydrogens (tertiary/aromatic N) is 3. The third kappa shape index (κ3) is 1.85. The molecule has 14 heavy (non-hydrogen) atoms. The van der Waals surface area contributed by atoms with E-state index < -0.39 is 0 Å². The van der Waals surface area contributed by atoms with E-state index in [1.165, 1.54) is 6.33 Å². The highest BCUT2D eigenvalue weighted by molar-refractivity contribution is 5.74. The maximum atomic E-state index is 10.4. The molecule has 0 aliphatic rings. The van der Waals surface area contributed by atoms with Gasteiger partial charge in [0.15, 0.2) is 0 Å². The van der Waals surface area contributed by atoms with Crippen molar-refractivity contribution < 1.29 is 4.79 Å². The van der Waals surface area contributed by atoms with Crippen LogP contribution in [0.15, 0.2) is 36.9 Å². The Morgan fingerprint density at radius 3 is 2.64 bits per heavy atom. The van der Waals surface area contributed by atoms with E-state index in [4.69, 9.17) is 0 Å². The molecule has 0 N–H and O–H groups in total. The minimum absolute atomic E-state index is 0.680. The zero-order valence-corrected chi connectivity index (χ0v) is 7.50. The summed E-state index contributed by atoms with van der Waals surface area (Å²) in [6, 6.07) is 7.40. The topological polar surface area (TPSA) is 47.8 Å². The standard InChI is InChI=1S/C10H9N3O/c14-6-10-3-1-9(2-4-10)5-13-8-11-7-12-13/h1-4,6-8H,5H2. The first kappa shape index (κ1) is 8.62. The summed E-state index contributed by atoms with van der Waals surface area (Å²) in [5, 5.41) is 3.99. The highest BCUT2D eigenvalue weighted by atomic mass is 16.1. The van der Waals surface area contributed by atoms with Crippen molar-refractivity contribution in [3.8, 4) is 0 Å². The Kier molecular flexibility index (Phi) is 2.36. The molecule has 4 nitrogen and oxygen atoms in total. The Bertz CT molecular complexity index is 405. The number of rotatable bonds is 3. The Morgan fingerprint density at radius 2 is 2.07 bits per heavy atom. The second kappa shape index (κ2) is 3.83. The quantitative estimate of drug-likeness (QED) is 0.677. The lowest BCUT2D eigenvalue weighted by Crippen LogP contribution is -1.99. The number of aromatic nitrogens is 3. The van der Waals surface area contributed by atoms with Crippen molar-refractivity contribution >= 4 is 6.29 Å². The SMILES string of the molecule is O=Cc1ccc(Cn2cncn2)cc1. The molecule has 0 spiro atoms. The van der Waals surface area contributed by atoms with Crippen LogP contribution >= 0.6 is 0 Å². The van der Waals surface area contributed by atoms with Crippen LogP contribution in [-0.2, 0) is 6.54 Å². The Hall–Kier alpha value is -1.97. The van der Waals surface area contributed by atoms with Crippen LogP contribution in [0.4, 0.5) is 0 Å². The van der Waals surface area contributed by atoms with Crippen molar-refractivity contribution in [2.24, 2.45) is 0 Å². The van der Waals surface area contributed by atoms with Gasteiger partial charge in [0.05, 0.1) is 6.54 Å². The van der Waals surface area contributed by atoms with E-state index in [1.54, 1.807) is 23.1 Å². The van der Waals surface area contributed by atoms with Crippen molar-refractivity contribution in [3.05, 3.63) is 48.0 Å². The lowest BCUT2D eigenvalue weighted by Gasteiger charge is -2.00. The predicted octanol–water partition coefficient (Wildman–Crippen LogP) is 1.14. The summed E-state index contributed by atoms with van der Waals surface area (Å²) in [4.78, 5) is 14.3. The van der Waals surface area contributed by atoms with Crippen LogP contribution in [0.5, 0.6) is 0 Å². The van der Waals surface area contributed by atoms with Crippen LogP contribution in [0.1, 0.15) is 15.9 Å². The van der Waals surface area contributed by atoms with E-state index in [9.17, 15) is 4.79 Å². The Balaban J connectivity index is 2.14. The van der Waals surface area contributed by atoms with Crippen LogP contribution < -0.4 is 0 Å². The van der Waals surface area contributed by atoms with Gasteiger partial charge in [0.2, 0.25) is 0 Å². The molecular weight excluding hydrogens is 178 g/mol. The van der Waals surface area contributed by atoms with Crippen LogP contribution in [-0.4, -0.2) is 21.1 Å². The van der Waals surface area contributed by atoms with Crippen LogP contribution in [0.3, 0.4) is 0 Å². The molecule has 2 aromatic rings. The first-order valence-electron chi connectivity index (χ1n) is 4.25. The summed E-state index contributed by atoms with van der Waals surface area (Å²) in [6.07, 6.45) is 3.99. The van der Waals surface area contributed by atoms with Crippen LogP contribution in [0.25, 0.3) is 0 Å². The average Bonchev–Trinajstić information content (AvgIpc) is 2.72. The molecule has 70 valence electrons. The molecule has 0 radical (unpaired) electrons. The third-order valence-electron chi connectivity index (χ3n) is 1.93. The summed E-state index contributed by atoms with van der Waals surface area (Å²) in [6.45, 7) is 0.680. The average molecular weight is 187 g/mol. The molecule has 0 aliphatic carbocycles. The molecule has 0 saturated carbocycles. The highest BCUT2D eigenvalue weighted by Crippen LogP contribution is 2.03. The number of carbonyl (C=O) groups excluding carboxylic acids is 1. The van der Waals surface area contributed by atoms with E-state index >= 15 is 0 Å². The molecule has 0 bridgehead atoms. The van der Waals surface area contributed by atoms with Gasteiger partial charge < -0.3 is 0 Å². The van der Waals surface area contributed by atoms with Crippen LogP contribution in [0, 0.1) is 0 Å². The monoisotopic (exact) mass is 187 g/mol. The normalized spacial score (nSPS) is 10.0. The first-order valence-corrected chi connectivity index (χ1v) is 4.25. The summed E-state index contributed by atoms with van der Waals surface area (Å²) < 4.78 is 1.73. The van der Waals surface area contributed by atoms with E-state index in [0.29, 0.717) is 12.1 Å². The molecule has 1 aromatic heterocycles. The van der Waals surface area contributed by atoms with Gasteiger partial charge in [-0.2, -0.15) is 5.10 Å². The van der Waals surface area contributed by atoms with Crippen molar-refractivity contribution in [2.75, 3.05) is 0 Å². The van der Waals surface area contributed by atoms with Gasteiger partial charge in [-0.3, -0.25) is 4.79 Å². The van der Waals surface area contributed by atoms with E-state index in [-0.39, 0.29) is 0 Å². The molecule has 1 aromatic carbocycles. The second-order valence-corrected chi connectivity index (χ2v) is 2.95. The fraction of sp³-hybridized carbons (Fsp3) is 0.100. The van der Waals surface area contributed by atoms with Gasteiger partial charge in [0, 0.05) is 5.56 Å². The van der Waals surface area contributed by atoms with E-state index in [2.05, 4.69) is 10.1 Å². The van der Waals surface area contributed by atoms with Crippen molar-refractivity contribution in [2.45, 2.75) is 6.54 Å². The van der Waals surface area contributed by atoms with Crippen molar-refractivity contribution in [1.29, 1.82) is 0 Å². The Morgan fingerprint density at radius 1 is 1.29 bits per heavy atom. The molecule has 0 aliphatic heterocycles. The maximum Gasteiger partial charge on any atom is 0.150 e. The predicted molar refractivity (Wildman–Crippen MR) is 51.0 cm³/mol. The Labute approximate surface area is 81.2 Å². The minimum atomic E-state index is 0.680. The summed E-state index contributed by atoms with van der Waals surface area (Å²) in [7, 11) is 0. The lowest BCUT2D eigenvalue weighted by molar-refractivity contribution is 0.112. The van der Waals surface area contributed by atoms with Gasteiger partial charge in [0.1, 0.15) is 18.9 Å². The second-order valence-electron chi connectivity index (χ2n) is 2.95. The number of benzene rings is 1. The molecule has 0 unspecified atom stereocenters. The van der Waals surface area contributed by atoms with Gasteiger partial charge in [-0.25, -0.2) is 9.67 Å². The fourth-order valence-corrected chi connectivity index (χ4v) is 1.20. The largest absolute Gasteiger partial charge is 0.298 e. The third-order valence-corrected chi connectivity index (χ3v) is 1.93. The number of hydrogen-bond acceptors (Lipinski definition) is 3. The molecule has 1 heterocycles. The van der Waals surface area contributed by atoms with Gasteiger partial charge in [-0.1, -0.05) is 24.3 Å². The molecule has 0 amide bonds. The van der Waals surface area contributed by atoms with Gasteiger partial charge >= 0.3 is 0 Å². The fourth-order valence-electron chi connectivity index (χ4n) is 1.20.